The molecular formula is C11H24Cl2N2O2S. The largest absolute Gasteiger partial charge is 0.327 e. The molecule has 2 aliphatic rings. The highest BCUT2D eigenvalue weighted by Crippen LogP contribution is 2.36. The van der Waals surface area contributed by atoms with Gasteiger partial charge in [0.1, 0.15) is 9.84 Å². The molecule has 1 saturated heterocycles. The lowest BCUT2D eigenvalue weighted by atomic mass is 9.92. The monoisotopic (exact) mass is 318 g/mol. The van der Waals surface area contributed by atoms with E-state index in [0.29, 0.717) is 17.9 Å². The van der Waals surface area contributed by atoms with Crippen LogP contribution in [0.4, 0.5) is 0 Å². The van der Waals surface area contributed by atoms with Crippen molar-refractivity contribution in [1.29, 1.82) is 0 Å². The lowest BCUT2D eigenvalue weighted by Gasteiger charge is -2.39. The van der Waals surface area contributed by atoms with Crippen molar-refractivity contribution < 1.29 is 8.42 Å². The van der Waals surface area contributed by atoms with Crippen molar-refractivity contribution >= 4 is 34.7 Å². The molecule has 1 aliphatic heterocycles. The first-order valence-electron chi connectivity index (χ1n) is 6.04. The quantitative estimate of drug-likeness (QED) is 0.841. The molecule has 0 aromatic heterocycles. The van der Waals surface area contributed by atoms with Crippen LogP contribution in [0.15, 0.2) is 0 Å². The Morgan fingerprint density at radius 1 is 1.22 bits per heavy atom. The predicted molar refractivity (Wildman–Crippen MR) is 79.4 cm³/mol. The standard InChI is InChI=1S/C11H22N2O2S.2ClH/c1-8(7-16(2,14)15)13-5-9-3-4-10(6-13)11(9)12;;/h8-11H,3-7,12H2,1-2H3;2*1H/t8?,9-,10+,11?;;. The number of nitrogens with zero attached hydrogens (tertiary/aromatic N) is 1. The fourth-order valence-electron chi connectivity index (χ4n) is 3.20. The van der Waals surface area contributed by atoms with Crippen molar-refractivity contribution in [1.82, 2.24) is 4.90 Å². The van der Waals surface area contributed by atoms with E-state index in [1.54, 1.807) is 0 Å². The lowest BCUT2D eigenvalue weighted by Crippen LogP contribution is -2.52. The van der Waals surface area contributed by atoms with Crippen molar-refractivity contribution in [2.45, 2.75) is 31.8 Å². The first-order valence-corrected chi connectivity index (χ1v) is 8.10. The molecule has 0 spiro atoms. The van der Waals surface area contributed by atoms with E-state index < -0.39 is 9.84 Å². The van der Waals surface area contributed by atoms with Crippen molar-refractivity contribution in [2.75, 3.05) is 25.1 Å². The molecule has 1 saturated carbocycles. The average Bonchev–Trinajstić information content (AvgIpc) is 2.38. The van der Waals surface area contributed by atoms with Gasteiger partial charge >= 0.3 is 0 Å². The summed E-state index contributed by atoms with van der Waals surface area (Å²) < 4.78 is 22.6. The van der Waals surface area contributed by atoms with Crippen LogP contribution in [-0.2, 0) is 9.84 Å². The zero-order valence-corrected chi connectivity index (χ0v) is 13.4. The predicted octanol–water partition coefficient (Wildman–Crippen LogP) is 0.932. The number of hydrogen-bond acceptors (Lipinski definition) is 4. The molecule has 0 aromatic carbocycles. The second kappa shape index (κ2) is 6.75. The van der Waals surface area contributed by atoms with Gasteiger partial charge in [-0.1, -0.05) is 0 Å². The van der Waals surface area contributed by atoms with Crippen molar-refractivity contribution in [3.05, 3.63) is 0 Å². The van der Waals surface area contributed by atoms with Crippen LogP contribution in [-0.4, -0.2) is 50.5 Å². The Balaban J connectivity index is 0.00000144. The maximum atomic E-state index is 11.3. The van der Waals surface area contributed by atoms with E-state index in [9.17, 15) is 8.42 Å². The van der Waals surface area contributed by atoms with Gasteiger partial charge < -0.3 is 5.73 Å². The number of rotatable bonds is 3. The Morgan fingerprint density at radius 2 is 1.67 bits per heavy atom. The normalized spacial score (nSPS) is 33.4. The Morgan fingerprint density at radius 3 is 2.06 bits per heavy atom. The first-order chi connectivity index (χ1) is 7.37. The number of sulfone groups is 1. The van der Waals surface area contributed by atoms with Gasteiger partial charge in [-0.15, -0.1) is 24.8 Å². The van der Waals surface area contributed by atoms with Gasteiger partial charge in [-0.3, -0.25) is 4.90 Å². The Hall–Kier alpha value is 0.450. The van der Waals surface area contributed by atoms with Gasteiger partial charge in [0, 0.05) is 31.4 Å². The number of likely N-dealkylation sites (tertiary alicyclic amines) is 1. The molecule has 7 heteroatoms. The first kappa shape index (κ1) is 18.4. The van der Waals surface area contributed by atoms with Gasteiger partial charge in [0.05, 0.1) is 5.75 Å². The molecule has 2 unspecified atom stereocenters. The lowest BCUT2D eigenvalue weighted by molar-refractivity contribution is 0.118. The molecule has 0 aromatic rings. The highest BCUT2D eigenvalue weighted by molar-refractivity contribution is 7.90. The fraction of sp³-hybridized carbons (Fsp3) is 1.00. The van der Waals surface area contributed by atoms with Crippen LogP contribution in [0.25, 0.3) is 0 Å². The van der Waals surface area contributed by atoms with E-state index in [4.69, 9.17) is 5.73 Å². The van der Waals surface area contributed by atoms with E-state index in [2.05, 4.69) is 4.90 Å². The summed E-state index contributed by atoms with van der Waals surface area (Å²) in [5.41, 5.74) is 6.13. The number of piperidine rings is 1. The molecule has 2 bridgehead atoms. The third-order valence-corrected chi connectivity index (χ3v) is 5.19. The molecule has 18 heavy (non-hydrogen) atoms. The number of hydrogen-bond donors (Lipinski definition) is 1. The number of halogens is 2. The van der Waals surface area contributed by atoms with Gasteiger partial charge in [0.25, 0.3) is 0 Å². The zero-order chi connectivity index (χ0) is 11.9. The number of fused-ring (bicyclic) bond motifs is 2. The van der Waals surface area contributed by atoms with E-state index in [1.165, 1.54) is 19.1 Å². The highest BCUT2D eigenvalue weighted by Gasteiger charge is 2.41. The Bertz CT molecular complexity index is 350. The number of nitrogens with two attached hydrogens (primary N) is 1. The van der Waals surface area contributed by atoms with E-state index in [1.807, 2.05) is 6.92 Å². The molecule has 0 amide bonds. The van der Waals surface area contributed by atoms with Crippen LogP contribution >= 0.6 is 24.8 Å². The minimum atomic E-state index is -2.87. The summed E-state index contributed by atoms with van der Waals surface area (Å²) >= 11 is 0. The second-order valence-corrected chi connectivity index (χ2v) is 7.76. The van der Waals surface area contributed by atoms with E-state index >= 15 is 0 Å². The Kier molecular flexibility index (Phi) is 6.92. The smallest absolute Gasteiger partial charge is 0.148 e. The van der Waals surface area contributed by atoms with Crippen LogP contribution in [0.1, 0.15) is 19.8 Å². The van der Waals surface area contributed by atoms with Crippen molar-refractivity contribution in [3.63, 3.8) is 0 Å². The summed E-state index contributed by atoms with van der Waals surface area (Å²) in [5.74, 6) is 1.43. The minimum Gasteiger partial charge on any atom is -0.327 e. The maximum Gasteiger partial charge on any atom is 0.148 e. The topological polar surface area (TPSA) is 63.4 Å². The second-order valence-electron chi connectivity index (χ2n) is 5.57. The van der Waals surface area contributed by atoms with Crippen LogP contribution in [0, 0.1) is 11.8 Å². The van der Waals surface area contributed by atoms with E-state index in [-0.39, 0.29) is 36.6 Å². The molecule has 2 N–H and O–H groups in total. The van der Waals surface area contributed by atoms with Crippen molar-refractivity contribution in [3.8, 4) is 0 Å². The van der Waals surface area contributed by atoms with Crippen LogP contribution in [0.5, 0.6) is 0 Å². The SMILES string of the molecule is CC(CS(C)(=O)=O)N1C[C@H]2CC[C@@H](C1)C2N.Cl.Cl. The van der Waals surface area contributed by atoms with Gasteiger partial charge in [-0.05, 0) is 31.6 Å². The summed E-state index contributed by atoms with van der Waals surface area (Å²) in [6, 6.07) is 0.479. The van der Waals surface area contributed by atoms with Crippen LogP contribution in [0.3, 0.4) is 0 Å². The van der Waals surface area contributed by atoms with Gasteiger partial charge in [0.2, 0.25) is 0 Å². The van der Waals surface area contributed by atoms with E-state index in [0.717, 1.165) is 13.1 Å². The summed E-state index contributed by atoms with van der Waals surface area (Å²) in [6.45, 7) is 3.97. The highest BCUT2D eigenvalue weighted by atomic mass is 35.5. The molecule has 1 aliphatic carbocycles. The van der Waals surface area contributed by atoms with Gasteiger partial charge in [-0.25, -0.2) is 8.42 Å². The molecule has 4 nitrogen and oxygen atoms in total. The average molecular weight is 319 g/mol. The van der Waals surface area contributed by atoms with Crippen molar-refractivity contribution in [2.24, 2.45) is 17.6 Å². The third kappa shape index (κ3) is 4.23. The summed E-state index contributed by atoms with van der Waals surface area (Å²) in [4.78, 5) is 2.31. The summed E-state index contributed by atoms with van der Waals surface area (Å²) in [5, 5.41) is 0. The third-order valence-electron chi connectivity index (χ3n) is 4.10. The molecular weight excluding hydrogens is 295 g/mol. The summed E-state index contributed by atoms with van der Waals surface area (Å²) in [6.07, 6.45) is 3.75. The van der Waals surface area contributed by atoms with Crippen LogP contribution in [0.2, 0.25) is 0 Å². The minimum absolute atomic E-state index is 0. The maximum absolute atomic E-state index is 11.3. The molecule has 110 valence electrons. The molecule has 4 atom stereocenters. The molecule has 0 radical (unpaired) electrons. The fourth-order valence-corrected chi connectivity index (χ4v) is 4.29. The van der Waals surface area contributed by atoms with Gasteiger partial charge in [-0.2, -0.15) is 0 Å². The molecule has 2 rings (SSSR count). The molecule has 2 fully saturated rings. The molecule has 1 heterocycles. The van der Waals surface area contributed by atoms with Gasteiger partial charge in [0.15, 0.2) is 0 Å². The van der Waals surface area contributed by atoms with Crippen LogP contribution < -0.4 is 5.73 Å². The zero-order valence-electron chi connectivity index (χ0n) is 10.9. The Labute approximate surface area is 122 Å². The summed E-state index contributed by atoms with van der Waals surface area (Å²) in [7, 11) is -2.87.